The first-order valence-corrected chi connectivity index (χ1v) is 13.5. The summed E-state index contributed by atoms with van der Waals surface area (Å²) in [6.07, 6.45) is 3.73. The van der Waals surface area contributed by atoms with Gasteiger partial charge in [0, 0.05) is 24.4 Å². The van der Waals surface area contributed by atoms with Crippen molar-refractivity contribution in [2.75, 3.05) is 33.6 Å². The van der Waals surface area contributed by atoms with Crippen LogP contribution < -0.4 is 14.2 Å². The van der Waals surface area contributed by atoms with Gasteiger partial charge in [-0.05, 0) is 55.2 Å². The lowest BCUT2D eigenvalue weighted by atomic mass is 9.82. The van der Waals surface area contributed by atoms with Crippen LogP contribution in [-0.4, -0.2) is 50.3 Å². The maximum atomic E-state index is 13.5. The van der Waals surface area contributed by atoms with Crippen LogP contribution in [-0.2, 0) is 14.3 Å². The van der Waals surface area contributed by atoms with Crippen molar-refractivity contribution in [2.45, 2.75) is 58.4 Å². The van der Waals surface area contributed by atoms with E-state index >= 15 is 0 Å². The van der Waals surface area contributed by atoms with Crippen molar-refractivity contribution in [3.05, 3.63) is 53.6 Å². The fourth-order valence-electron chi connectivity index (χ4n) is 5.79. The summed E-state index contributed by atoms with van der Waals surface area (Å²) >= 11 is 0. The summed E-state index contributed by atoms with van der Waals surface area (Å²) in [6.45, 7) is 7.43. The summed E-state index contributed by atoms with van der Waals surface area (Å²) in [5.41, 5.74) is 1.95. The van der Waals surface area contributed by atoms with E-state index in [9.17, 15) is 9.59 Å². The Morgan fingerprint density at radius 3 is 2.30 bits per heavy atom. The molecule has 2 aliphatic heterocycles. The number of carbonyl (C=O) groups excluding carboxylic acids is 2. The van der Waals surface area contributed by atoms with Crippen LogP contribution in [0, 0.1) is 11.8 Å². The number of rotatable bonds is 12. The fraction of sp³-hybridized carbons (Fsp3) is 0.533. The predicted octanol–water partition coefficient (Wildman–Crippen LogP) is 5.53. The molecule has 0 unspecified atom stereocenters. The second-order valence-corrected chi connectivity index (χ2v) is 9.89. The van der Waals surface area contributed by atoms with Crippen molar-refractivity contribution in [1.82, 2.24) is 4.90 Å². The van der Waals surface area contributed by atoms with Gasteiger partial charge in [-0.1, -0.05) is 44.9 Å². The number of nitrogens with zero attached hydrogens (tertiary/aromatic N) is 1. The molecule has 7 nitrogen and oxygen atoms in total. The third-order valence-corrected chi connectivity index (χ3v) is 7.53. The molecule has 0 N–H and O–H groups in total. The van der Waals surface area contributed by atoms with Gasteiger partial charge in [-0.2, -0.15) is 0 Å². The second kappa shape index (κ2) is 12.5. The smallest absolute Gasteiger partial charge is 0.311 e. The zero-order valence-corrected chi connectivity index (χ0v) is 22.4. The first-order valence-electron chi connectivity index (χ1n) is 13.5. The topological polar surface area (TPSA) is 74.3 Å². The van der Waals surface area contributed by atoms with Gasteiger partial charge in [0.2, 0.25) is 6.79 Å². The van der Waals surface area contributed by atoms with Crippen LogP contribution in [0.4, 0.5) is 0 Å². The number of hydrogen-bond donors (Lipinski definition) is 0. The first kappa shape index (κ1) is 27.0. The number of ketones is 1. The molecule has 0 aliphatic carbocycles. The second-order valence-electron chi connectivity index (χ2n) is 9.89. The Hall–Kier alpha value is -3.06. The van der Waals surface area contributed by atoms with E-state index in [0.29, 0.717) is 31.2 Å². The van der Waals surface area contributed by atoms with Crippen LogP contribution in [0.2, 0.25) is 0 Å². The Kier molecular flexibility index (Phi) is 9.09. The number of carbonyl (C=O) groups is 2. The van der Waals surface area contributed by atoms with Crippen molar-refractivity contribution >= 4 is 11.8 Å². The van der Waals surface area contributed by atoms with Gasteiger partial charge in [-0.3, -0.25) is 14.5 Å². The molecule has 2 aromatic rings. The Labute approximate surface area is 220 Å². The summed E-state index contributed by atoms with van der Waals surface area (Å²) in [6, 6.07) is 13.4. The molecule has 1 fully saturated rings. The lowest BCUT2D eigenvalue weighted by Gasteiger charge is -2.29. The molecule has 1 saturated heterocycles. The molecule has 0 saturated carbocycles. The van der Waals surface area contributed by atoms with Crippen molar-refractivity contribution < 1.29 is 28.5 Å². The zero-order valence-electron chi connectivity index (χ0n) is 22.4. The van der Waals surface area contributed by atoms with Crippen molar-refractivity contribution in [3.8, 4) is 17.2 Å². The molecule has 0 aromatic heterocycles. The van der Waals surface area contributed by atoms with Gasteiger partial charge in [0.05, 0.1) is 26.2 Å². The van der Waals surface area contributed by atoms with E-state index in [1.807, 2.05) is 49.4 Å². The number of methoxy groups -OCH3 is 1. The van der Waals surface area contributed by atoms with E-state index in [1.165, 1.54) is 0 Å². The van der Waals surface area contributed by atoms with E-state index < -0.39 is 5.92 Å². The molecular formula is C30H39NO6. The van der Waals surface area contributed by atoms with E-state index in [0.717, 1.165) is 42.6 Å². The Morgan fingerprint density at radius 2 is 1.65 bits per heavy atom. The molecule has 4 rings (SSSR count). The van der Waals surface area contributed by atoms with E-state index in [4.69, 9.17) is 18.9 Å². The summed E-state index contributed by atoms with van der Waals surface area (Å²) in [5, 5.41) is 0. The zero-order chi connectivity index (χ0) is 26.4. The van der Waals surface area contributed by atoms with Gasteiger partial charge in [0.25, 0.3) is 0 Å². The molecular weight excluding hydrogens is 470 g/mol. The molecule has 3 atom stereocenters. The molecule has 37 heavy (non-hydrogen) atoms. The predicted molar refractivity (Wildman–Crippen MR) is 141 cm³/mol. The van der Waals surface area contributed by atoms with Crippen molar-refractivity contribution in [3.63, 3.8) is 0 Å². The number of Topliss-reactive ketones (excluding diaryl/α,β-unsaturated/α-hetero) is 1. The standard InChI is InChI=1S/C30H39NO6/c1-5-8-20(9-6-2)25(32)18-31-17-24(22-12-15-26-27(16-22)37-19-36-26)28(30(33)35-7-3)29(31)21-10-13-23(34-4)14-11-21/h10-16,20,24,28-29H,5-9,17-19H2,1-4H3/t24-,28-,29+/m0/s1. The quantitative estimate of drug-likeness (QED) is 0.348. The van der Waals surface area contributed by atoms with Crippen LogP contribution in [0.25, 0.3) is 0 Å². The van der Waals surface area contributed by atoms with E-state index in [-0.39, 0.29) is 36.4 Å². The summed E-state index contributed by atoms with van der Waals surface area (Å²) < 4.78 is 22.1. The maximum absolute atomic E-state index is 13.5. The SMILES string of the molecule is CCCC(CCC)C(=O)CN1C[C@@H](c2ccc3c(c2)OCO3)[C@H](C(=O)OCC)[C@H]1c1ccc(OC)cc1. The molecule has 2 aliphatic rings. The minimum Gasteiger partial charge on any atom is -0.497 e. The number of likely N-dealkylation sites (tertiary alicyclic amines) is 1. The Bertz CT molecular complexity index is 1060. The van der Waals surface area contributed by atoms with Crippen molar-refractivity contribution in [1.29, 1.82) is 0 Å². The molecule has 0 spiro atoms. The van der Waals surface area contributed by atoms with Crippen LogP contribution >= 0.6 is 0 Å². The highest BCUT2D eigenvalue weighted by Crippen LogP contribution is 2.48. The molecule has 2 aromatic carbocycles. The first-order chi connectivity index (χ1) is 18.0. The monoisotopic (exact) mass is 509 g/mol. The van der Waals surface area contributed by atoms with E-state index in [2.05, 4.69) is 18.7 Å². The van der Waals surface area contributed by atoms with Gasteiger partial charge >= 0.3 is 5.97 Å². The highest BCUT2D eigenvalue weighted by Gasteiger charge is 2.49. The average Bonchev–Trinajstić information content (AvgIpc) is 3.53. The molecule has 2 heterocycles. The van der Waals surface area contributed by atoms with Gasteiger partial charge in [-0.15, -0.1) is 0 Å². The van der Waals surface area contributed by atoms with E-state index in [1.54, 1.807) is 7.11 Å². The average molecular weight is 510 g/mol. The Balaban J connectivity index is 1.73. The van der Waals surface area contributed by atoms with Crippen molar-refractivity contribution in [2.24, 2.45) is 11.8 Å². The third kappa shape index (κ3) is 5.93. The van der Waals surface area contributed by atoms with Gasteiger partial charge in [-0.25, -0.2) is 0 Å². The van der Waals surface area contributed by atoms with Gasteiger partial charge < -0.3 is 18.9 Å². The normalized spacial score (nSPS) is 20.8. The highest BCUT2D eigenvalue weighted by atomic mass is 16.7. The molecule has 0 amide bonds. The summed E-state index contributed by atoms with van der Waals surface area (Å²) in [7, 11) is 1.63. The summed E-state index contributed by atoms with van der Waals surface area (Å²) in [4.78, 5) is 29.2. The molecule has 0 bridgehead atoms. The maximum Gasteiger partial charge on any atom is 0.311 e. The molecule has 0 radical (unpaired) electrons. The van der Waals surface area contributed by atoms with Crippen LogP contribution in [0.3, 0.4) is 0 Å². The lowest BCUT2D eigenvalue weighted by Crippen LogP contribution is -2.35. The number of esters is 1. The number of fused-ring (bicyclic) bond motifs is 1. The van der Waals surface area contributed by atoms with Crippen LogP contribution in [0.5, 0.6) is 17.2 Å². The number of ether oxygens (including phenoxy) is 4. The summed E-state index contributed by atoms with van der Waals surface area (Å²) in [5.74, 6) is 1.53. The van der Waals surface area contributed by atoms with Gasteiger partial charge in [0.15, 0.2) is 11.5 Å². The lowest BCUT2D eigenvalue weighted by molar-refractivity contribution is -0.149. The minimum atomic E-state index is -0.475. The van der Waals surface area contributed by atoms with Crippen LogP contribution in [0.1, 0.15) is 69.5 Å². The number of hydrogen-bond acceptors (Lipinski definition) is 7. The molecule has 200 valence electrons. The van der Waals surface area contributed by atoms with Crippen LogP contribution in [0.15, 0.2) is 42.5 Å². The third-order valence-electron chi connectivity index (χ3n) is 7.53. The minimum absolute atomic E-state index is 0.0390. The van der Waals surface area contributed by atoms with Gasteiger partial charge in [0.1, 0.15) is 11.5 Å². The largest absolute Gasteiger partial charge is 0.497 e. The highest BCUT2D eigenvalue weighted by molar-refractivity contribution is 5.83. The number of benzene rings is 2. The fourth-order valence-corrected chi connectivity index (χ4v) is 5.79. The Morgan fingerprint density at radius 1 is 0.973 bits per heavy atom. The molecule has 7 heteroatoms.